The number of hydrogen-bond donors (Lipinski definition) is 1. The van der Waals surface area contributed by atoms with Crippen molar-refractivity contribution in [1.82, 2.24) is 10.3 Å². The summed E-state index contributed by atoms with van der Waals surface area (Å²) < 4.78 is 17.6. The summed E-state index contributed by atoms with van der Waals surface area (Å²) in [4.78, 5) is 14.8. The number of halogens is 2. The number of nitrogens with one attached hydrogen (secondary N) is 1. The van der Waals surface area contributed by atoms with E-state index in [0.717, 1.165) is 49.5 Å². The number of nitrogens with zero attached hydrogens (tertiary/aromatic N) is 2. The van der Waals surface area contributed by atoms with Gasteiger partial charge in [-0.3, -0.25) is 9.69 Å². The van der Waals surface area contributed by atoms with Crippen LogP contribution in [0.15, 0.2) is 70.2 Å². The molecule has 1 saturated heterocycles. The Hall–Kier alpha value is -2.91. The molecule has 0 atom stereocenters. The van der Waals surface area contributed by atoms with E-state index in [9.17, 15) is 4.79 Å². The van der Waals surface area contributed by atoms with Crippen LogP contribution in [0.25, 0.3) is 0 Å². The highest BCUT2D eigenvalue weighted by Gasteiger charge is 2.13. The highest BCUT2D eigenvalue weighted by Crippen LogP contribution is 2.37. The van der Waals surface area contributed by atoms with Crippen LogP contribution in [0.1, 0.15) is 27.0 Å². The quantitative estimate of drug-likeness (QED) is 0.279. The van der Waals surface area contributed by atoms with Crippen molar-refractivity contribution in [2.75, 3.05) is 33.4 Å². The lowest BCUT2D eigenvalue weighted by molar-refractivity contribution is 0.0342. The first-order valence-electron chi connectivity index (χ1n) is 11.5. The summed E-state index contributed by atoms with van der Waals surface area (Å²) in [5, 5.41) is 4.78. The minimum Gasteiger partial charge on any atom is -0.493 e. The fourth-order valence-corrected chi connectivity index (χ4v) is 4.40. The van der Waals surface area contributed by atoms with Crippen LogP contribution >= 0.6 is 27.5 Å². The van der Waals surface area contributed by atoms with E-state index in [2.05, 4.69) is 31.4 Å². The van der Waals surface area contributed by atoms with Gasteiger partial charge in [0.2, 0.25) is 0 Å². The second-order valence-electron chi connectivity index (χ2n) is 8.23. The molecule has 0 aliphatic carbocycles. The zero-order valence-corrected chi connectivity index (χ0v) is 22.2. The SMILES string of the molecule is COc1cc(/C=N/NC(=O)c2ccc(CN3CCOCC3)cc2)cc(Br)c1OCc1ccc(Cl)cc1. The van der Waals surface area contributed by atoms with Crippen LogP contribution in [-0.4, -0.2) is 50.4 Å². The van der Waals surface area contributed by atoms with E-state index in [1.807, 2.05) is 54.6 Å². The molecule has 1 amide bonds. The zero-order valence-electron chi connectivity index (χ0n) is 19.9. The van der Waals surface area contributed by atoms with E-state index >= 15 is 0 Å². The van der Waals surface area contributed by atoms with E-state index in [1.54, 1.807) is 19.4 Å². The third kappa shape index (κ3) is 7.30. The number of ether oxygens (including phenoxy) is 3. The predicted molar refractivity (Wildman–Crippen MR) is 144 cm³/mol. The monoisotopic (exact) mass is 571 g/mol. The van der Waals surface area contributed by atoms with Crippen molar-refractivity contribution < 1.29 is 19.0 Å². The molecule has 4 rings (SSSR count). The molecular weight excluding hydrogens is 546 g/mol. The average Bonchev–Trinajstić information content (AvgIpc) is 2.89. The van der Waals surface area contributed by atoms with Crippen LogP contribution in [0, 0.1) is 0 Å². The number of rotatable bonds is 9. The maximum Gasteiger partial charge on any atom is 0.271 e. The van der Waals surface area contributed by atoms with Crippen LogP contribution < -0.4 is 14.9 Å². The van der Waals surface area contributed by atoms with Crippen LogP contribution in [0.3, 0.4) is 0 Å². The summed E-state index contributed by atoms with van der Waals surface area (Å²) in [5.41, 5.74) is 6.00. The van der Waals surface area contributed by atoms with Gasteiger partial charge in [-0.1, -0.05) is 35.9 Å². The van der Waals surface area contributed by atoms with Crippen molar-refractivity contribution in [3.63, 3.8) is 0 Å². The molecule has 7 nitrogen and oxygen atoms in total. The van der Waals surface area contributed by atoms with E-state index in [4.69, 9.17) is 25.8 Å². The second-order valence-corrected chi connectivity index (χ2v) is 9.52. The molecule has 36 heavy (non-hydrogen) atoms. The Balaban J connectivity index is 1.34. The Kier molecular flexibility index (Phi) is 9.35. The van der Waals surface area contributed by atoms with Gasteiger partial charge in [-0.15, -0.1) is 0 Å². The molecule has 1 heterocycles. The van der Waals surface area contributed by atoms with Crippen molar-refractivity contribution in [2.45, 2.75) is 13.2 Å². The van der Waals surface area contributed by atoms with Gasteiger partial charge >= 0.3 is 0 Å². The third-order valence-corrected chi connectivity index (χ3v) is 6.49. The van der Waals surface area contributed by atoms with Gasteiger partial charge in [0.25, 0.3) is 5.91 Å². The van der Waals surface area contributed by atoms with Crippen molar-refractivity contribution >= 4 is 39.7 Å². The van der Waals surface area contributed by atoms with Gasteiger partial charge in [-0.2, -0.15) is 5.10 Å². The Morgan fingerprint density at radius 2 is 1.81 bits per heavy atom. The largest absolute Gasteiger partial charge is 0.493 e. The number of hydrazone groups is 1. The highest BCUT2D eigenvalue weighted by atomic mass is 79.9. The number of hydrogen-bond acceptors (Lipinski definition) is 6. The van der Waals surface area contributed by atoms with Crippen LogP contribution in [0.2, 0.25) is 5.02 Å². The number of methoxy groups -OCH3 is 1. The normalized spacial score (nSPS) is 14.1. The van der Waals surface area contributed by atoms with Gasteiger partial charge < -0.3 is 14.2 Å². The third-order valence-electron chi connectivity index (χ3n) is 5.65. The zero-order chi connectivity index (χ0) is 25.3. The lowest BCUT2D eigenvalue weighted by atomic mass is 10.1. The fraction of sp³-hybridized carbons (Fsp3) is 0.259. The van der Waals surface area contributed by atoms with Crippen molar-refractivity contribution in [3.05, 3.63) is 92.4 Å². The minimum atomic E-state index is -0.280. The molecule has 0 radical (unpaired) electrons. The maximum atomic E-state index is 12.5. The van der Waals surface area contributed by atoms with Gasteiger partial charge in [0.1, 0.15) is 6.61 Å². The fourth-order valence-electron chi connectivity index (χ4n) is 3.70. The summed E-state index contributed by atoms with van der Waals surface area (Å²) in [5.74, 6) is 0.839. The second kappa shape index (κ2) is 12.9. The molecule has 0 unspecified atom stereocenters. The molecule has 0 bridgehead atoms. The molecule has 1 N–H and O–H groups in total. The minimum absolute atomic E-state index is 0.280. The molecule has 0 aromatic heterocycles. The van der Waals surface area contributed by atoms with E-state index < -0.39 is 0 Å². The summed E-state index contributed by atoms with van der Waals surface area (Å²) >= 11 is 9.48. The molecule has 0 saturated carbocycles. The lowest BCUT2D eigenvalue weighted by Crippen LogP contribution is -2.35. The maximum absolute atomic E-state index is 12.5. The van der Waals surface area contributed by atoms with E-state index in [1.165, 1.54) is 0 Å². The summed E-state index contributed by atoms with van der Waals surface area (Å²) in [6, 6.07) is 18.7. The van der Waals surface area contributed by atoms with Gasteiger partial charge in [0.05, 0.1) is 31.0 Å². The van der Waals surface area contributed by atoms with Gasteiger partial charge in [0.15, 0.2) is 11.5 Å². The summed E-state index contributed by atoms with van der Waals surface area (Å²) in [7, 11) is 1.57. The highest BCUT2D eigenvalue weighted by molar-refractivity contribution is 9.10. The van der Waals surface area contributed by atoms with Crippen LogP contribution in [-0.2, 0) is 17.9 Å². The molecule has 9 heteroatoms. The first-order chi connectivity index (χ1) is 17.5. The molecule has 3 aromatic rings. The number of carbonyl (C=O) groups is 1. The van der Waals surface area contributed by atoms with Crippen LogP contribution in [0.5, 0.6) is 11.5 Å². The molecule has 0 spiro atoms. The standard InChI is InChI=1S/C27H27BrClN3O4/c1-34-25-15-21(14-24(28)26(25)36-18-20-4-8-23(29)9-5-20)16-30-31-27(33)22-6-2-19(3-7-22)17-32-10-12-35-13-11-32/h2-9,14-16H,10-13,17-18H2,1H3,(H,31,33)/b30-16+. The Bertz CT molecular complexity index is 1200. The lowest BCUT2D eigenvalue weighted by Gasteiger charge is -2.26. The summed E-state index contributed by atoms with van der Waals surface area (Å²) in [6.45, 7) is 4.58. The molecule has 188 valence electrons. The molecule has 1 aliphatic heterocycles. The smallest absolute Gasteiger partial charge is 0.271 e. The molecule has 1 aliphatic rings. The first kappa shape index (κ1) is 26.2. The predicted octanol–water partition coefficient (Wildman–Crippen LogP) is 5.29. The van der Waals surface area contributed by atoms with Gasteiger partial charge in [0, 0.05) is 30.2 Å². The van der Waals surface area contributed by atoms with Gasteiger partial charge in [-0.25, -0.2) is 5.43 Å². The van der Waals surface area contributed by atoms with Crippen molar-refractivity contribution in [2.24, 2.45) is 5.10 Å². The number of carbonyl (C=O) groups excluding carboxylic acids is 1. The van der Waals surface area contributed by atoms with E-state index in [-0.39, 0.29) is 5.91 Å². The number of amides is 1. The van der Waals surface area contributed by atoms with Crippen LogP contribution in [0.4, 0.5) is 0 Å². The molecule has 1 fully saturated rings. The topological polar surface area (TPSA) is 72.4 Å². The van der Waals surface area contributed by atoms with Crippen molar-refractivity contribution in [1.29, 1.82) is 0 Å². The van der Waals surface area contributed by atoms with Crippen molar-refractivity contribution in [3.8, 4) is 11.5 Å². The Morgan fingerprint density at radius 3 is 2.50 bits per heavy atom. The Morgan fingerprint density at radius 1 is 1.11 bits per heavy atom. The van der Waals surface area contributed by atoms with Gasteiger partial charge in [-0.05, 0) is 69.0 Å². The Labute approximate surface area is 224 Å². The molecule has 3 aromatic carbocycles. The van der Waals surface area contributed by atoms with E-state index in [0.29, 0.717) is 33.2 Å². The first-order valence-corrected chi connectivity index (χ1v) is 12.7. The number of benzene rings is 3. The summed E-state index contributed by atoms with van der Waals surface area (Å²) in [6.07, 6.45) is 1.56. The number of morpholine rings is 1. The molecular formula is C27H27BrClN3O4. The average molecular weight is 573 g/mol.